The third-order valence-electron chi connectivity index (χ3n) is 7.32. The number of carbonyl (C=O) groups excluding carboxylic acids is 1. The number of nitrogens with zero attached hydrogens (tertiary/aromatic N) is 5. The first-order chi connectivity index (χ1) is 16.7. The zero-order valence-corrected chi connectivity index (χ0v) is 19.9. The van der Waals surface area contributed by atoms with Crippen molar-refractivity contribution in [2.24, 2.45) is 0 Å². The highest BCUT2D eigenvalue weighted by atomic mass is 16.1. The molecule has 34 heavy (non-hydrogen) atoms. The molecule has 3 aromatic rings. The molecule has 5 rings (SSSR count). The Morgan fingerprint density at radius 1 is 1.00 bits per heavy atom. The van der Waals surface area contributed by atoms with Crippen molar-refractivity contribution in [1.29, 1.82) is 0 Å². The van der Waals surface area contributed by atoms with Gasteiger partial charge in [0.15, 0.2) is 5.82 Å². The minimum Gasteiger partial charge on any atom is -0.355 e. The largest absolute Gasteiger partial charge is 0.355 e. The summed E-state index contributed by atoms with van der Waals surface area (Å²) in [5, 5.41) is 11.7. The molecule has 7 heteroatoms. The standard InChI is InChI=1S/C27H34N6O/c1-28-27(34)23-13-11-22(12-14-23)25(32-16-6-15-31(17-18-32)24-9-5-10-24)26-30-29-20-33(26)19-21-7-3-2-4-8-21/h2-4,7-8,11-14,20,24-25H,5-6,9-10,15-19H2,1H3,(H,28,34). The minimum absolute atomic E-state index is 0.00806. The fourth-order valence-electron chi connectivity index (χ4n) is 5.19. The molecule has 2 aromatic carbocycles. The van der Waals surface area contributed by atoms with E-state index in [1.54, 1.807) is 7.05 Å². The molecule has 0 spiro atoms. The second-order valence-electron chi connectivity index (χ2n) is 9.42. The summed E-state index contributed by atoms with van der Waals surface area (Å²) in [6.07, 6.45) is 7.04. The lowest BCUT2D eigenvalue weighted by Crippen LogP contribution is -2.42. The maximum atomic E-state index is 12.1. The molecule has 1 saturated heterocycles. The fourth-order valence-corrected chi connectivity index (χ4v) is 5.19. The first-order valence-corrected chi connectivity index (χ1v) is 12.4. The Bertz CT molecular complexity index is 1080. The molecule has 1 atom stereocenters. The van der Waals surface area contributed by atoms with Gasteiger partial charge in [0.25, 0.3) is 5.91 Å². The van der Waals surface area contributed by atoms with Crippen LogP contribution in [0.1, 0.15) is 59.0 Å². The Morgan fingerprint density at radius 2 is 1.79 bits per heavy atom. The predicted octanol–water partition coefficient (Wildman–Crippen LogP) is 3.34. The second-order valence-corrected chi connectivity index (χ2v) is 9.42. The normalized spacial score (nSPS) is 18.7. The van der Waals surface area contributed by atoms with Gasteiger partial charge < -0.3 is 9.88 Å². The van der Waals surface area contributed by atoms with E-state index in [2.05, 4.69) is 66.3 Å². The summed E-state index contributed by atoms with van der Waals surface area (Å²) in [7, 11) is 1.66. The zero-order chi connectivity index (χ0) is 23.3. The van der Waals surface area contributed by atoms with Crippen LogP contribution >= 0.6 is 0 Å². The number of rotatable bonds is 7. The van der Waals surface area contributed by atoms with Gasteiger partial charge in [-0.15, -0.1) is 10.2 Å². The Hall–Kier alpha value is -3.03. The van der Waals surface area contributed by atoms with Crippen LogP contribution in [0.25, 0.3) is 0 Å². The highest BCUT2D eigenvalue weighted by Crippen LogP contribution is 2.31. The summed E-state index contributed by atoms with van der Waals surface area (Å²) in [6.45, 7) is 5.00. The molecular formula is C27H34N6O. The molecule has 2 fully saturated rings. The molecule has 178 valence electrons. The van der Waals surface area contributed by atoms with Gasteiger partial charge in [-0.3, -0.25) is 14.6 Å². The molecular weight excluding hydrogens is 424 g/mol. The van der Waals surface area contributed by atoms with Gasteiger partial charge in [-0.1, -0.05) is 48.9 Å². The third kappa shape index (κ3) is 4.91. The lowest BCUT2D eigenvalue weighted by atomic mass is 9.91. The molecule has 1 unspecified atom stereocenters. The van der Waals surface area contributed by atoms with Crippen LogP contribution in [0.3, 0.4) is 0 Å². The van der Waals surface area contributed by atoms with Crippen LogP contribution in [0, 0.1) is 0 Å². The fraction of sp³-hybridized carbons (Fsp3) is 0.444. The van der Waals surface area contributed by atoms with Crippen molar-refractivity contribution < 1.29 is 4.79 Å². The van der Waals surface area contributed by atoms with Gasteiger partial charge >= 0.3 is 0 Å². The molecule has 1 aliphatic carbocycles. The Morgan fingerprint density at radius 3 is 2.50 bits per heavy atom. The van der Waals surface area contributed by atoms with Gasteiger partial charge in [-0.25, -0.2) is 0 Å². The van der Waals surface area contributed by atoms with Crippen LogP contribution in [0.4, 0.5) is 0 Å². The lowest BCUT2D eigenvalue weighted by Gasteiger charge is -2.37. The number of carbonyl (C=O) groups is 1. The highest BCUT2D eigenvalue weighted by Gasteiger charge is 2.32. The average Bonchev–Trinajstić information content (AvgIpc) is 3.15. The summed E-state index contributed by atoms with van der Waals surface area (Å²) in [5.41, 5.74) is 3.04. The molecule has 2 aliphatic rings. The number of amides is 1. The average molecular weight is 459 g/mol. The van der Waals surface area contributed by atoms with Crippen LogP contribution in [-0.4, -0.2) is 69.7 Å². The van der Waals surface area contributed by atoms with Gasteiger partial charge in [-0.2, -0.15) is 0 Å². The first kappa shape index (κ1) is 22.7. The highest BCUT2D eigenvalue weighted by molar-refractivity contribution is 5.93. The molecule has 1 N–H and O–H groups in total. The number of nitrogens with one attached hydrogen (secondary N) is 1. The molecule has 1 saturated carbocycles. The second kappa shape index (κ2) is 10.5. The van der Waals surface area contributed by atoms with Crippen molar-refractivity contribution in [3.8, 4) is 0 Å². The number of hydrogen-bond acceptors (Lipinski definition) is 5. The molecule has 1 aliphatic heterocycles. The molecule has 2 heterocycles. The summed E-state index contributed by atoms with van der Waals surface area (Å²) in [5.74, 6) is 0.884. The minimum atomic E-state index is -0.0683. The number of benzene rings is 2. The van der Waals surface area contributed by atoms with Crippen molar-refractivity contribution in [3.05, 3.63) is 83.4 Å². The SMILES string of the molecule is CNC(=O)c1ccc(C(c2nncn2Cc2ccccc2)N2CCCN(C3CCC3)CC2)cc1. The summed E-state index contributed by atoms with van der Waals surface area (Å²) in [4.78, 5) is 17.3. The van der Waals surface area contributed by atoms with E-state index in [4.69, 9.17) is 0 Å². The number of aromatic nitrogens is 3. The Balaban J connectivity index is 1.45. The monoisotopic (exact) mass is 458 g/mol. The number of hydrogen-bond donors (Lipinski definition) is 1. The maximum absolute atomic E-state index is 12.1. The van der Waals surface area contributed by atoms with E-state index in [1.165, 1.54) is 31.4 Å². The molecule has 1 aromatic heterocycles. The van der Waals surface area contributed by atoms with Gasteiger partial charge in [0, 0.05) is 38.3 Å². The van der Waals surface area contributed by atoms with E-state index in [0.29, 0.717) is 5.56 Å². The van der Waals surface area contributed by atoms with E-state index in [1.807, 2.05) is 24.5 Å². The van der Waals surface area contributed by atoms with Crippen molar-refractivity contribution in [3.63, 3.8) is 0 Å². The van der Waals surface area contributed by atoms with Crippen molar-refractivity contribution in [1.82, 2.24) is 29.9 Å². The molecule has 1 amide bonds. The van der Waals surface area contributed by atoms with E-state index in [0.717, 1.165) is 50.0 Å². The molecule has 0 bridgehead atoms. The van der Waals surface area contributed by atoms with Gasteiger partial charge in [0.05, 0.1) is 12.6 Å². The Kier molecular flexibility index (Phi) is 7.02. The van der Waals surface area contributed by atoms with E-state index >= 15 is 0 Å². The molecule has 0 radical (unpaired) electrons. The van der Waals surface area contributed by atoms with Crippen molar-refractivity contribution >= 4 is 5.91 Å². The van der Waals surface area contributed by atoms with Gasteiger partial charge in [0.1, 0.15) is 6.33 Å². The van der Waals surface area contributed by atoms with Crippen LogP contribution in [0.15, 0.2) is 60.9 Å². The van der Waals surface area contributed by atoms with Crippen LogP contribution in [0.5, 0.6) is 0 Å². The maximum Gasteiger partial charge on any atom is 0.251 e. The summed E-state index contributed by atoms with van der Waals surface area (Å²) in [6, 6.07) is 19.2. The van der Waals surface area contributed by atoms with E-state index < -0.39 is 0 Å². The Labute approximate surface area is 201 Å². The smallest absolute Gasteiger partial charge is 0.251 e. The van der Waals surface area contributed by atoms with Crippen molar-refractivity contribution in [2.75, 3.05) is 33.2 Å². The quantitative estimate of drug-likeness (QED) is 0.588. The van der Waals surface area contributed by atoms with Crippen molar-refractivity contribution in [2.45, 2.75) is 44.3 Å². The van der Waals surface area contributed by atoms with Gasteiger partial charge in [-0.05, 0) is 49.1 Å². The van der Waals surface area contributed by atoms with Crippen LogP contribution in [-0.2, 0) is 6.54 Å². The van der Waals surface area contributed by atoms with E-state index in [-0.39, 0.29) is 11.9 Å². The van der Waals surface area contributed by atoms with Crippen LogP contribution < -0.4 is 5.32 Å². The topological polar surface area (TPSA) is 66.3 Å². The third-order valence-corrected chi connectivity index (χ3v) is 7.32. The molecule has 7 nitrogen and oxygen atoms in total. The summed E-state index contributed by atoms with van der Waals surface area (Å²) >= 11 is 0. The predicted molar refractivity (Wildman–Crippen MR) is 133 cm³/mol. The van der Waals surface area contributed by atoms with Crippen LogP contribution in [0.2, 0.25) is 0 Å². The summed E-state index contributed by atoms with van der Waals surface area (Å²) < 4.78 is 2.17. The lowest BCUT2D eigenvalue weighted by molar-refractivity contribution is 0.0963. The first-order valence-electron chi connectivity index (χ1n) is 12.4. The van der Waals surface area contributed by atoms with Gasteiger partial charge in [0.2, 0.25) is 0 Å². The zero-order valence-electron chi connectivity index (χ0n) is 19.9. The van der Waals surface area contributed by atoms with E-state index in [9.17, 15) is 4.79 Å².